The number of aromatic nitrogens is 3. The number of nitrogens with one attached hydrogen (secondary N) is 1. The van der Waals surface area contributed by atoms with Gasteiger partial charge in [-0.3, -0.25) is 4.98 Å². The second kappa shape index (κ2) is 21.7. The van der Waals surface area contributed by atoms with E-state index in [-0.39, 0.29) is 7.43 Å². The first kappa shape index (κ1) is 46.4. The number of ether oxygens (including phenoxy) is 5. The summed E-state index contributed by atoms with van der Waals surface area (Å²) in [5.74, 6) is 4.28. The number of nitrogens with zero attached hydrogens (tertiary/aromatic N) is 2. The summed E-state index contributed by atoms with van der Waals surface area (Å²) in [5.41, 5.74) is 3.39. The van der Waals surface area contributed by atoms with Crippen LogP contribution in [0.5, 0.6) is 28.9 Å². The number of rotatable bonds is 5. The number of hydrogen-bond donors (Lipinski definition) is 1. The molecular weight excluding hydrogens is 839 g/mol. The van der Waals surface area contributed by atoms with Gasteiger partial charge in [0.15, 0.2) is 0 Å². The second-order valence-electron chi connectivity index (χ2n) is 13.6. The van der Waals surface area contributed by atoms with E-state index in [4.69, 9.17) is 23.7 Å². The summed E-state index contributed by atoms with van der Waals surface area (Å²) in [6.45, 7) is 10.5. The molecular formula is C49H53N3O5S4. The van der Waals surface area contributed by atoms with E-state index in [1.54, 1.807) is 75.8 Å². The van der Waals surface area contributed by atoms with E-state index in [1.807, 2.05) is 66.8 Å². The monoisotopic (exact) mass is 891 g/mol. The molecule has 0 aliphatic rings. The highest BCUT2D eigenvalue weighted by Gasteiger charge is 2.03. The third kappa shape index (κ3) is 12.5. The van der Waals surface area contributed by atoms with Crippen LogP contribution in [0, 0.1) is 34.6 Å². The van der Waals surface area contributed by atoms with Gasteiger partial charge >= 0.3 is 0 Å². The third-order valence-electron chi connectivity index (χ3n) is 9.05. The number of aryl methyl sites for hydroxylation is 5. The molecule has 61 heavy (non-hydrogen) atoms. The van der Waals surface area contributed by atoms with Gasteiger partial charge in [-0.15, -0.1) is 45.3 Å². The minimum Gasteiger partial charge on any atom is -0.497 e. The van der Waals surface area contributed by atoms with Crippen LogP contribution in [-0.2, 0) is 0 Å². The number of methoxy groups -OCH3 is 5. The molecule has 0 unspecified atom stereocenters. The normalized spacial score (nSPS) is 10.3. The SMILES string of the molecule is C.COc1ccc2[nH]c(C)cc2c1.COc1ccc2cc(C)sc2c1.COc1ccc2cc(C)sc2n1.COc1ccc2sc(C)cc2c1.COc1cnc2cc(C)sc2c1. The lowest BCUT2D eigenvalue weighted by Crippen LogP contribution is -1.84. The molecule has 0 saturated heterocycles. The first-order valence-corrected chi connectivity index (χ1v) is 22.3. The van der Waals surface area contributed by atoms with E-state index in [2.05, 4.69) is 97.2 Å². The molecule has 0 bridgehead atoms. The second-order valence-corrected chi connectivity index (χ2v) is 18.7. The molecule has 10 rings (SSSR count). The third-order valence-corrected chi connectivity index (χ3v) is 13.0. The van der Waals surface area contributed by atoms with Gasteiger partial charge in [0.05, 0.1) is 52.0 Å². The van der Waals surface area contributed by atoms with Gasteiger partial charge in [-0.1, -0.05) is 7.43 Å². The van der Waals surface area contributed by atoms with E-state index < -0.39 is 0 Å². The van der Waals surface area contributed by atoms with Crippen LogP contribution >= 0.6 is 45.3 Å². The van der Waals surface area contributed by atoms with Crippen LogP contribution in [0.2, 0.25) is 0 Å². The predicted molar refractivity (Wildman–Crippen MR) is 264 cm³/mol. The fraction of sp³-hybridized carbons (Fsp3) is 0.224. The van der Waals surface area contributed by atoms with Crippen molar-refractivity contribution in [2.75, 3.05) is 35.5 Å². The summed E-state index contributed by atoms with van der Waals surface area (Å²) in [4.78, 5) is 18.1. The molecule has 12 heteroatoms. The van der Waals surface area contributed by atoms with Gasteiger partial charge in [0.25, 0.3) is 0 Å². The van der Waals surface area contributed by atoms with Gasteiger partial charge < -0.3 is 28.7 Å². The van der Waals surface area contributed by atoms with Crippen LogP contribution in [0.25, 0.3) is 51.5 Å². The van der Waals surface area contributed by atoms with E-state index in [1.165, 1.54) is 60.8 Å². The average molecular weight is 892 g/mol. The lowest BCUT2D eigenvalue weighted by molar-refractivity contribution is 0.400. The molecule has 0 aliphatic heterocycles. The Balaban J connectivity index is 0.000000144. The Hall–Kier alpha value is -5.66. The highest BCUT2D eigenvalue weighted by atomic mass is 32.1. The molecule has 7 aromatic heterocycles. The molecule has 8 nitrogen and oxygen atoms in total. The van der Waals surface area contributed by atoms with Crippen molar-refractivity contribution in [1.82, 2.24) is 15.0 Å². The molecule has 1 N–H and O–H groups in total. The first-order valence-electron chi connectivity index (χ1n) is 19.0. The molecule has 0 aliphatic carbocycles. The Morgan fingerprint density at radius 2 is 0.984 bits per heavy atom. The molecule has 10 aromatic rings. The van der Waals surface area contributed by atoms with Crippen molar-refractivity contribution in [2.45, 2.75) is 42.0 Å². The van der Waals surface area contributed by atoms with Gasteiger partial charge in [0.2, 0.25) is 5.88 Å². The summed E-state index contributed by atoms with van der Waals surface area (Å²) in [5, 5.41) is 4.97. The summed E-state index contributed by atoms with van der Waals surface area (Å²) >= 11 is 7.05. The lowest BCUT2D eigenvalue weighted by Gasteiger charge is -1.97. The van der Waals surface area contributed by atoms with E-state index >= 15 is 0 Å². The zero-order valence-electron chi connectivity index (χ0n) is 35.5. The van der Waals surface area contributed by atoms with Gasteiger partial charge in [0.1, 0.15) is 27.8 Å². The minimum atomic E-state index is 0. The quantitative estimate of drug-likeness (QED) is 0.184. The Kier molecular flexibility index (Phi) is 16.5. The molecule has 0 spiro atoms. The topological polar surface area (TPSA) is 87.7 Å². The number of fused-ring (bicyclic) bond motifs is 5. The first-order chi connectivity index (χ1) is 29.0. The fourth-order valence-corrected chi connectivity index (χ4v) is 9.85. The Morgan fingerprint density at radius 1 is 0.443 bits per heavy atom. The smallest absolute Gasteiger partial charge is 0.214 e. The van der Waals surface area contributed by atoms with Gasteiger partial charge in [-0.05, 0) is 136 Å². The zero-order valence-corrected chi connectivity index (χ0v) is 38.7. The summed E-state index contributed by atoms with van der Waals surface area (Å²) in [7, 11) is 8.36. The predicted octanol–water partition coefficient (Wildman–Crippen LogP) is 14.8. The van der Waals surface area contributed by atoms with Crippen LogP contribution in [0.3, 0.4) is 0 Å². The zero-order chi connectivity index (χ0) is 42.8. The van der Waals surface area contributed by atoms with Crippen molar-refractivity contribution < 1.29 is 23.7 Å². The molecule has 7 heterocycles. The molecule has 0 saturated carbocycles. The van der Waals surface area contributed by atoms with Crippen LogP contribution in [-0.4, -0.2) is 50.5 Å². The maximum absolute atomic E-state index is 5.14. The Labute approximate surface area is 374 Å². The number of hydrogen-bond acceptors (Lipinski definition) is 11. The van der Waals surface area contributed by atoms with Crippen molar-refractivity contribution in [3.63, 3.8) is 0 Å². The van der Waals surface area contributed by atoms with Crippen molar-refractivity contribution in [3.8, 4) is 28.9 Å². The van der Waals surface area contributed by atoms with Crippen molar-refractivity contribution in [1.29, 1.82) is 0 Å². The Morgan fingerprint density at radius 3 is 1.69 bits per heavy atom. The minimum absolute atomic E-state index is 0. The molecule has 318 valence electrons. The Bertz CT molecular complexity index is 2490. The maximum Gasteiger partial charge on any atom is 0.214 e. The van der Waals surface area contributed by atoms with E-state index in [0.29, 0.717) is 5.88 Å². The molecule has 0 fully saturated rings. The van der Waals surface area contributed by atoms with E-state index in [0.717, 1.165) is 38.9 Å². The summed E-state index contributed by atoms with van der Waals surface area (Å²) in [6.07, 6.45) is 1.74. The number of pyridine rings is 2. The average Bonchev–Trinajstić information content (AvgIpc) is 4.08. The van der Waals surface area contributed by atoms with Crippen LogP contribution < -0.4 is 23.7 Å². The van der Waals surface area contributed by atoms with E-state index in [9.17, 15) is 0 Å². The van der Waals surface area contributed by atoms with Gasteiger partial charge in [-0.2, -0.15) is 0 Å². The number of benzene rings is 3. The highest BCUT2D eigenvalue weighted by Crippen LogP contribution is 2.30. The van der Waals surface area contributed by atoms with Gasteiger partial charge in [-0.25, -0.2) is 4.98 Å². The lowest BCUT2D eigenvalue weighted by atomic mass is 10.2. The molecule has 0 radical (unpaired) electrons. The van der Waals surface area contributed by atoms with Crippen molar-refractivity contribution in [2.24, 2.45) is 0 Å². The number of H-pyrrole nitrogens is 1. The van der Waals surface area contributed by atoms with Gasteiger partial charge in [0, 0.05) is 63.0 Å². The fourth-order valence-electron chi connectivity index (χ4n) is 6.21. The van der Waals surface area contributed by atoms with Crippen molar-refractivity contribution in [3.05, 3.63) is 135 Å². The summed E-state index contributed by atoms with van der Waals surface area (Å²) in [6, 6.07) is 35.0. The van der Waals surface area contributed by atoms with Crippen LogP contribution in [0.1, 0.15) is 32.6 Å². The highest BCUT2D eigenvalue weighted by molar-refractivity contribution is 7.19. The number of aromatic amines is 1. The molecule has 3 aromatic carbocycles. The molecule has 0 amide bonds. The van der Waals surface area contributed by atoms with Crippen LogP contribution in [0.4, 0.5) is 0 Å². The van der Waals surface area contributed by atoms with Crippen molar-refractivity contribution >= 4 is 96.9 Å². The molecule has 0 atom stereocenters. The summed E-state index contributed by atoms with van der Waals surface area (Å²) < 4.78 is 29.3. The standard InChI is InChI=1S/C10H11NO.2C10H10OS.2C9H9NOS.CH4/c1-7-5-8-6-9(12-2)3-4-10(8)11-7;1-7-5-8-6-9(11-2)3-4-10(8)12-7;1-7-5-8-3-4-9(11-2)6-10(8)12-7;1-6-3-8-9(12-6)4-7(11-2)5-10-8;1-6-5-7-3-4-8(11-2)10-9(7)12-6;/h3-6,11H,1-2H3;2*3-6H,1-2H3;2*3-5H,1-2H3;1H4. The van der Waals surface area contributed by atoms with Crippen LogP contribution in [0.15, 0.2) is 109 Å². The largest absolute Gasteiger partial charge is 0.497 e. The maximum atomic E-state index is 5.14. The number of thiophene rings is 4.